The molecule has 2 heterocycles. The van der Waals surface area contributed by atoms with Crippen molar-refractivity contribution in [2.75, 3.05) is 13.2 Å². The Labute approximate surface area is 201 Å². The zero-order chi connectivity index (χ0) is 24.2. The van der Waals surface area contributed by atoms with Gasteiger partial charge in [0, 0.05) is 12.5 Å². The lowest BCUT2D eigenvalue weighted by Gasteiger charge is -2.31. The van der Waals surface area contributed by atoms with E-state index in [-0.39, 0.29) is 30.5 Å². The molecular formula is C26H24N4O5. The number of nitrogens with zero attached hydrogens (tertiary/aromatic N) is 3. The number of amides is 2. The molecule has 2 aliphatic carbocycles. The summed E-state index contributed by atoms with van der Waals surface area (Å²) in [5, 5.41) is 16.3. The number of rotatable bonds is 5. The molecule has 2 aromatic carbocycles. The van der Waals surface area contributed by atoms with Gasteiger partial charge in [-0.15, -0.1) is 0 Å². The Morgan fingerprint density at radius 2 is 1.69 bits per heavy atom. The van der Waals surface area contributed by atoms with Gasteiger partial charge in [-0.05, 0) is 35.1 Å². The van der Waals surface area contributed by atoms with E-state index in [2.05, 4.69) is 34.7 Å². The molecule has 1 aliphatic heterocycles. The third-order valence-electron chi connectivity index (χ3n) is 7.23. The van der Waals surface area contributed by atoms with Crippen LogP contribution in [0.25, 0.3) is 11.1 Å². The number of fused-ring (bicyclic) bond motifs is 4. The normalized spacial score (nSPS) is 17.2. The largest absolute Gasteiger partial charge is 0.478 e. The lowest BCUT2D eigenvalue weighted by atomic mass is 9.98. The third kappa shape index (κ3) is 3.54. The zero-order valence-corrected chi connectivity index (χ0v) is 18.9. The minimum atomic E-state index is -1.07. The van der Waals surface area contributed by atoms with Crippen LogP contribution in [0.15, 0.2) is 54.7 Å². The van der Waals surface area contributed by atoms with Gasteiger partial charge in [0.15, 0.2) is 0 Å². The number of benzene rings is 2. The van der Waals surface area contributed by atoms with Crippen LogP contribution in [-0.2, 0) is 22.6 Å². The first-order valence-corrected chi connectivity index (χ1v) is 11.7. The van der Waals surface area contributed by atoms with Gasteiger partial charge in [-0.2, -0.15) is 5.10 Å². The second-order valence-electron chi connectivity index (χ2n) is 9.29. The number of carbonyl (C=O) groups excluding carboxylic acids is 2. The molecule has 3 aromatic rings. The Balaban J connectivity index is 1.12. The molecule has 2 N–H and O–H groups in total. The van der Waals surface area contributed by atoms with Crippen LogP contribution in [0.2, 0.25) is 0 Å². The van der Waals surface area contributed by atoms with E-state index in [0.717, 1.165) is 22.3 Å². The van der Waals surface area contributed by atoms with Gasteiger partial charge in [-0.3, -0.25) is 9.48 Å². The van der Waals surface area contributed by atoms with Crippen LogP contribution in [-0.4, -0.2) is 56.4 Å². The zero-order valence-electron chi connectivity index (χ0n) is 18.9. The quantitative estimate of drug-likeness (QED) is 0.590. The van der Waals surface area contributed by atoms with E-state index in [1.807, 2.05) is 24.3 Å². The molecule has 0 radical (unpaired) electrons. The van der Waals surface area contributed by atoms with Crippen LogP contribution in [0.3, 0.4) is 0 Å². The van der Waals surface area contributed by atoms with Crippen molar-refractivity contribution in [1.29, 1.82) is 0 Å². The van der Waals surface area contributed by atoms with E-state index >= 15 is 0 Å². The molecule has 0 saturated heterocycles. The smallest absolute Gasteiger partial charge is 0.408 e. The average Bonchev–Trinajstić information content (AvgIpc) is 3.40. The summed E-state index contributed by atoms with van der Waals surface area (Å²) in [6.07, 6.45) is 1.74. The topological polar surface area (TPSA) is 114 Å². The number of carboxylic acids is 1. The molecule has 0 atom stereocenters. The van der Waals surface area contributed by atoms with Gasteiger partial charge in [-0.25, -0.2) is 9.59 Å². The third-order valence-corrected chi connectivity index (χ3v) is 7.23. The summed E-state index contributed by atoms with van der Waals surface area (Å²) in [7, 11) is 0. The standard InChI is InChI=1S/C26H24N4O5/c31-23(32)20-13-27-30-12-11-29(14-22(20)30)24(33)26(9-10-26)28-25(34)35-15-21-18-7-3-1-5-16(18)17-6-2-4-8-19(17)21/h1-8,13,21H,9-12,14-15H2,(H,28,34)(H,31,32). The minimum absolute atomic E-state index is 0.0594. The lowest BCUT2D eigenvalue weighted by Crippen LogP contribution is -2.52. The number of aromatic carboxylic acids is 1. The van der Waals surface area contributed by atoms with E-state index in [1.165, 1.54) is 6.20 Å². The Bertz CT molecular complexity index is 1310. The van der Waals surface area contributed by atoms with Crippen LogP contribution < -0.4 is 5.32 Å². The maximum atomic E-state index is 13.3. The first-order valence-electron chi connectivity index (χ1n) is 11.7. The fourth-order valence-electron chi connectivity index (χ4n) is 5.25. The number of carbonyl (C=O) groups is 3. The van der Waals surface area contributed by atoms with E-state index in [9.17, 15) is 19.5 Å². The van der Waals surface area contributed by atoms with Crippen molar-refractivity contribution in [3.8, 4) is 11.1 Å². The van der Waals surface area contributed by atoms with Crippen molar-refractivity contribution in [2.45, 2.75) is 37.4 Å². The van der Waals surface area contributed by atoms with Crippen LogP contribution >= 0.6 is 0 Å². The second kappa shape index (κ2) is 7.97. The number of alkyl carbamates (subject to hydrolysis) is 1. The summed E-state index contributed by atoms with van der Waals surface area (Å²) >= 11 is 0. The number of nitrogens with one attached hydrogen (secondary N) is 1. The van der Waals surface area contributed by atoms with Crippen molar-refractivity contribution >= 4 is 18.0 Å². The summed E-state index contributed by atoms with van der Waals surface area (Å²) in [5.41, 5.74) is 4.14. The molecule has 0 unspecified atom stereocenters. The minimum Gasteiger partial charge on any atom is -0.478 e. The van der Waals surface area contributed by atoms with Crippen LogP contribution in [0, 0.1) is 0 Å². The number of ether oxygens (including phenoxy) is 1. The molecule has 178 valence electrons. The monoisotopic (exact) mass is 472 g/mol. The maximum absolute atomic E-state index is 13.3. The van der Waals surface area contributed by atoms with E-state index in [4.69, 9.17) is 4.74 Å². The van der Waals surface area contributed by atoms with Crippen molar-refractivity contribution in [2.24, 2.45) is 0 Å². The molecular weight excluding hydrogens is 448 g/mol. The number of hydrogen-bond acceptors (Lipinski definition) is 5. The molecule has 9 nitrogen and oxygen atoms in total. The van der Waals surface area contributed by atoms with E-state index < -0.39 is 17.6 Å². The number of hydrogen-bond donors (Lipinski definition) is 2. The van der Waals surface area contributed by atoms with E-state index in [0.29, 0.717) is 31.6 Å². The molecule has 35 heavy (non-hydrogen) atoms. The summed E-state index contributed by atoms with van der Waals surface area (Å²) < 4.78 is 7.25. The van der Waals surface area contributed by atoms with E-state index in [1.54, 1.807) is 9.58 Å². The van der Waals surface area contributed by atoms with Gasteiger partial charge in [0.1, 0.15) is 17.7 Å². The SMILES string of the molecule is O=C(NC1(C(=O)N2CCn3ncc(C(=O)O)c3C2)CC1)OCC1c2ccccc2-c2ccccc21. The predicted molar refractivity (Wildman–Crippen MR) is 125 cm³/mol. The molecule has 2 amide bonds. The summed E-state index contributed by atoms with van der Waals surface area (Å²) in [6.45, 7) is 1.14. The predicted octanol–water partition coefficient (Wildman–Crippen LogP) is 2.99. The number of aromatic nitrogens is 2. The molecule has 1 fully saturated rings. The molecule has 6 rings (SSSR count). The van der Waals surface area contributed by atoms with Crippen molar-refractivity contribution in [1.82, 2.24) is 20.0 Å². The van der Waals surface area contributed by atoms with Crippen LogP contribution in [0.1, 0.15) is 45.9 Å². The average molecular weight is 473 g/mol. The maximum Gasteiger partial charge on any atom is 0.408 e. The summed E-state index contributed by atoms with van der Waals surface area (Å²) in [6, 6.07) is 16.2. The van der Waals surface area contributed by atoms with Gasteiger partial charge < -0.3 is 20.1 Å². The van der Waals surface area contributed by atoms with Gasteiger partial charge in [0.25, 0.3) is 0 Å². The van der Waals surface area contributed by atoms with Gasteiger partial charge in [-0.1, -0.05) is 48.5 Å². The summed E-state index contributed by atoms with van der Waals surface area (Å²) in [4.78, 5) is 39.1. The van der Waals surface area contributed by atoms with Crippen molar-refractivity contribution in [3.05, 3.63) is 77.1 Å². The van der Waals surface area contributed by atoms with Gasteiger partial charge in [0.05, 0.1) is 25.0 Å². The van der Waals surface area contributed by atoms with Gasteiger partial charge >= 0.3 is 12.1 Å². The van der Waals surface area contributed by atoms with Crippen molar-refractivity contribution < 1.29 is 24.2 Å². The number of carboxylic acid groups (broad SMARTS) is 1. The Kier molecular flexibility index (Phi) is 4.87. The van der Waals surface area contributed by atoms with Crippen molar-refractivity contribution in [3.63, 3.8) is 0 Å². The highest BCUT2D eigenvalue weighted by Crippen LogP contribution is 2.44. The first-order chi connectivity index (χ1) is 17.0. The molecule has 1 saturated carbocycles. The fraction of sp³-hybridized carbons (Fsp3) is 0.308. The Hall–Kier alpha value is -4.14. The summed E-state index contributed by atoms with van der Waals surface area (Å²) in [5.74, 6) is -1.34. The van der Waals surface area contributed by atoms with Gasteiger partial charge in [0.2, 0.25) is 5.91 Å². The second-order valence-corrected chi connectivity index (χ2v) is 9.29. The Morgan fingerprint density at radius 3 is 2.31 bits per heavy atom. The highest BCUT2D eigenvalue weighted by molar-refractivity contribution is 5.93. The molecule has 1 aromatic heterocycles. The molecule has 0 bridgehead atoms. The Morgan fingerprint density at radius 1 is 1.03 bits per heavy atom. The highest BCUT2D eigenvalue weighted by atomic mass is 16.5. The highest BCUT2D eigenvalue weighted by Gasteiger charge is 2.54. The van der Waals surface area contributed by atoms with Crippen LogP contribution in [0.5, 0.6) is 0 Å². The molecule has 0 spiro atoms. The fourth-order valence-corrected chi connectivity index (χ4v) is 5.25. The lowest BCUT2D eigenvalue weighted by molar-refractivity contribution is -0.136. The first kappa shape index (κ1) is 21.4. The molecule has 3 aliphatic rings. The van der Waals surface area contributed by atoms with Crippen LogP contribution in [0.4, 0.5) is 4.79 Å². The molecule has 9 heteroatoms.